The third-order valence-electron chi connectivity index (χ3n) is 1.48. The standard InChI is InChI=1S/C7H9.C4H4N.Ru/c1-2-4-6-7-5-3-1;1-2-4-5-3-1;/h1-3H,4,6-7H2;1-3,5H;/q2*-1;+2. The number of aromatic amines is 1. The van der Waals surface area contributed by atoms with Crippen LogP contribution in [-0.4, -0.2) is 4.98 Å². The van der Waals surface area contributed by atoms with Crippen molar-refractivity contribution in [2.45, 2.75) is 19.3 Å². The van der Waals surface area contributed by atoms with Gasteiger partial charge in [-0.1, -0.05) is 12.8 Å². The maximum atomic E-state index is 3.14. The smallest absolute Gasteiger partial charge is 0.484 e. The van der Waals surface area contributed by atoms with Crippen molar-refractivity contribution in [3.63, 3.8) is 0 Å². The van der Waals surface area contributed by atoms with Crippen molar-refractivity contribution < 1.29 is 19.5 Å². The second-order valence-corrected chi connectivity index (χ2v) is 2.51. The fourth-order valence-electron chi connectivity index (χ4n) is 0.878. The molecule has 1 aliphatic rings. The molecular formula is C11H13NRu. The quantitative estimate of drug-likeness (QED) is 0.545. The van der Waals surface area contributed by atoms with Crippen LogP contribution in [-0.2, 0) is 19.5 Å². The zero-order chi connectivity index (χ0) is 8.49. The number of rotatable bonds is 0. The van der Waals surface area contributed by atoms with Crippen molar-refractivity contribution in [3.8, 4) is 0 Å². The first kappa shape index (κ1) is 12.4. The average Bonchev–Trinajstić information content (AvgIpc) is 2.54. The summed E-state index contributed by atoms with van der Waals surface area (Å²) in [5.41, 5.74) is 0. The molecule has 13 heavy (non-hydrogen) atoms. The molecule has 0 spiro atoms. The molecule has 0 radical (unpaired) electrons. The molecule has 1 heterocycles. The molecule has 1 aromatic heterocycles. The second kappa shape index (κ2) is 9.47. The molecule has 70 valence electrons. The largest absolute Gasteiger partial charge is 2.00 e. The normalized spacial score (nSPS) is 13.5. The Morgan fingerprint density at radius 2 is 2.23 bits per heavy atom. The van der Waals surface area contributed by atoms with Crippen LogP contribution in [0.1, 0.15) is 19.3 Å². The van der Waals surface area contributed by atoms with Gasteiger partial charge in [0.15, 0.2) is 0 Å². The van der Waals surface area contributed by atoms with Gasteiger partial charge in [-0.15, -0.1) is 12.6 Å². The summed E-state index contributed by atoms with van der Waals surface area (Å²) in [6.07, 6.45) is 17.6. The fraction of sp³-hybridized carbons (Fsp3) is 0.273. The van der Waals surface area contributed by atoms with E-state index in [-0.39, 0.29) is 19.5 Å². The molecular weight excluding hydrogens is 247 g/mol. The van der Waals surface area contributed by atoms with Crippen LogP contribution in [0.25, 0.3) is 0 Å². The SMILES string of the molecule is [C-]1=CC=CCCC1.[Ru+2].[c-]1ccc[nH]1. The van der Waals surface area contributed by atoms with E-state index in [0.717, 1.165) is 6.42 Å². The Hall–Kier alpha value is -0.617. The Bertz CT molecular complexity index is 195. The van der Waals surface area contributed by atoms with Crippen LogP contribution in [0.2, 0.25) is 0 Å². The van der Waals surface area contributed by atoms with Gasteiger partial charge in [0.2, 0.25) is 0 Å². The zero-order valence-corrected chi connectivity index (χ0v) is 9.18. The van der Waals surface area contributed by atoms with Crippen LogP contribution in [0.3, 0.4) is 0 Å². The van der Waals surface area contributed by atoms with Crippen molar-refractivity contribution in [2.75, 3.05) is 0 Å². The Morgan fingerprint density at radius 3 is 2.85 bits per heavy atom. The van der Waals surface area contributed by atoms with E-state index < -0.39 is 0 Å². The molecule has 0 aromatic carbocycles. The summed E-state index contributed by atoms with van der Waals surface area (Å²) in [7, 11) is 0. The van der Waals surface area contributed by atoms with E-state index in [4.69, 9.17) is 0 Å². The van der Waals surface area contributed by atoms with E-state index in [0.29, 0.717) is 0 Å². The summed E-state index contributed by atoms with van der Waals surface area (Å²) in [5, 5.41) is 0. The van der Waals surface area contributed by atoms with E-state index in [1.165, 1.54) is 12.8 Å². The summed E-state index contributed by atoms with van der Waals surface area (Å²) in [6.45, 7) is 0. The van der Waals surface area contributed by atoms with Crippen LogP contribution in [0.5, 0.6) is 0 Å². The summed E-state index contributed by atoms with van der Waals surface area (Å²) in [5.74, 6) is 0. The van der Waals surface area contributed by atoms with Crippen molar-refractivity contribution in [1.82, 2.24) is 4.98 Å². The van der Waals surface area contributed by atoms with Crippen LogP contribution < -0.4 is 0 Å². The number of allylic oxidation sites excluding steroid dienone is 4. The number of nitrogens with one attached hydrogen (secondary N) is 1. The molecule has 1 aliphatic carbocycles. The number of hydrogen-bond acceptors (Lipinski definition) is 0. The number of hydrogen-bond donors (Lipinski definition) is 1. The summed E-state index contributed by atoms with van der Waals surface area (Å²) < 4.78 is 0. The third-order valence-corrected chi connectivity index (χ3v) is 1.48. The Morgan fingerprint density at radius 1 is 1.31 bits per heavy atom. The van der Waals surface area contributed by atoms with E-state index in [1.807, 2.05) is 24.4 Å². The summed E-state index contributed by atoms with van der Waals surface area (Å²) in [6, 6.07) is 3.71. The minimum atomic E-state index is 0. The van der Waals surface area contributed by atoms with Crippen molar-refractivity contribution >= 4 is 0 Å². The molecule has 1 N–H and O–H groups in total. The minimum Gasteiger partial charge on any atom is -0.484 e. The van der Waals surface area contributed by atoms with Crippen molar-refractivity contribution in [3.05, 3.63) is 48.8 Å². The fourth-order valence-corrected chi connectivity index (χ4v) is 0.878. The second-order valence-electron chi connectivity index (χ2n) is 2.51. The Labute approximate surface area is 92.7 Å². The maximum absolute atomic E-state index is 3.14. The summed E-state index contributed by atoms with van der Waals surface area (Å²) in [4.78, 5) is 2.74. The van der Waals surface area contributed by atoms with Gasteiger partial charge in [0.25, 0.3) is 0 Å². The van der Waals surface area contributed by atoms with Crippen LogP contribution in [0.15, 0.2) is 36.6 Å². The minimum absolute atomic E-state index is 0. The third kappa shape index (κ3) is 7.73. The van der Waals surface area contributed by atoms with Crippen LogP contribution in [0.4, 0.5) is 0 Å². The topological polar surface area (TPSA) is 15.8 Å². The first-order valence-corrected chi connectivity index (χ1v) is 4.21. The van der Waals surface area contributed by atoms with E-state index in [9.17, 15) is 0 Å². The molecule has 2 rings (SSSR count). The molecule has 0 saturated heterocycles. The molecule has 0 bridgehead atoms. The molecule has 1 nitrogen and oxygen atoms in total. The van der Waals surface area contributed by atoms with Gasteiger partial charge in [0.05, 0.1) is 0 Å². The molecule has 0 amide bonds. The molecule has 0 aliphatic heterocycles. The van der Waals surface area contributed by atoms with Crippen molar-refractivity contribution in [1.29, 1.82) is 0 Å². The van der Waals surface area contributed by atoms with Gasteiger partial charge in [-0.05, 0) is 0 Å². The van der Waals surface area contributed by atoms with Crippen LogP contribution in [0, 0.1) is 12.3 Å². The van der Waals surface area contributed by atoms with Gasteiger partial charge in [0.1, 0.15) is 0 Å². The van der Waals surface area contributed by atoms with Crippen LogP contribution >= 0.6 is 0 Å². The molecule has 2 heteroatoms. The van der Waals surface area contributed by atoms with E-state index in [1.54, 1.807) is 0 Å². The molecule has 0 saturated carbocycles. The molecule has 0 atom stereocenters. The zero-order valence-electron chi connectivity index (χ0n) is 7.44. The van der Waals surface area contributed by atoms with Gasteiger partial charge in [-0.3, -0.25) is 6.08 Å². The average molecular weight is 260 g/mol. The van der Waals surface area contributed by atoms with Gasteiger partial charge in [0, 0.05) is 0 Å². The van der Waals surface area contributed by atoms with E-state index in [2.05, 4.69) is 29.4 Å². The maximum Gasteiger partial charge on any atom is 2.00 e. The predicted molar refractivity (Wildman–Crippen MR) is 50.4 cm³/mol. The molecule has 0 fully saturated rings. The summed E-state index contributed by atoms with van der Waals surface area (Å²) >= 11 is 0. The number of aromatic nitrogens is 1. The number of H-pyrrole nitrogens is 1. The predicted octanol–water partition coefficient (Wildman–Crippen LogP) is 2.90. The van der Waals surface area contributed by atoms with Gasteiger partial charge in [-0.2, -0.15) is 24.4 Å². The first-order valence-electron chi connectivity index (χ1n) is 4.21. The Kier molecular flexibility index (Phi) is 9.02. The Balaban J connectivity index is 0.000000215. The molecule has 0 unspecified atom stereocenters. The van der Waals surface area contributed by atoms with E-state index >= 15 is 0 Å². The van der Waals surface area contributed by atoms with Gasteiger partial charge in [-0.25, -0.2) is 12.2 Å². The molecule has 1 aromatic rings. The first-order chi connectivity index (χ1) is 6.00. The monoisotopic (exact) mass is 261 g/mol. The van der Waals surface area contributed by atoms with Gasteiger partial charge < -0.3 is 4.98 Å². The van der Waals surface area contributed by atoms with Gasteiger partial charge >= 0.3 is 19.5 Å². The van der Waals surface area contributed by atoms with Crippen molar-refractivity contribution in [2.24, 2.45) is 0 Å².